The number of rotatable bonds is 0. The Morgan fingerprint density at radius 3 is 2.86 bits per heavy atom. The summed E-state index contributed by atoms with van der Waals surface area (Å²) >= 11 is 0. The van der Waals surface area contributed by atoms with E-state index in [1.165, 1.54) is 11.1 Å². The maximum atomic E-state index is 11.3. The van der Waals surface area contributed by atoms with Crippen molar-refractivity contribution in [2.45, 2.75) is 27.2 Å². The first-order chi connectivity index (χ1) is 6.59. The van der Waals surface area contributed by atoms with E-state index >= 15 is 0 Å². The summed E-state index contributed by atoms with van der Waals surface area (Å²) in [6.45, 7) is 6.41. The van der Waals surface area contributed by atoms with Crippen molar-refractivity contribution < 1.29 is 4.79 Å². The molecule has 1 aromatic rings. The van der Waals surface area contributed by atoms with Crippen LogP contribution >= 0.6 is 0 Å². The molecule has 0 aliphatic carbocycles. The van der Waals surface area contributed by atoms with Gasteiger partial charge in [-0.1, -0.05) is 0 Å². The van der Waals surface area contributed by atoms with Crippen molar-refractivity contribution in [2.24, 2.45) is 0 Å². The Morgan fingerprint density at radius 1 is 1.50 bits per heavy atom. The van der Waals surface area contributed by atoms with Crippen LogP contribution in [0, 0.1) is 13.8 Å². The van der Waals surface area contributed by atoms with Crippen LogP contribution in [-0.2, 0) is 11.2 Å². The number of aryl methyl sites for hydroxylation is 2. The predicted molar refractivity (Wildman–Crippen MR) is 55.4 cm³/mol. The molecule has 14 heavy (non-hydrogen) atoms. The summed E-state index contributed by atoms with van der Waals surface area (Å²) in [4.78, 5) is 17.5. The highest BCUT2D eigenvalue weighted by atomic mass is 16.2. The van der Waals surface area contributed by atoms with Crippen LogP contribution in [-0.4, -0.2) is 17.4 Å². The molecule has 0 aromatic carbocycles. The number of carbonyl (C=O) groups is 1. The van der Waals surface area contributed by atoms with E-state index < -0.39 is 0 Å². The lowest BCUT2D eigenvalue weighted by Gasteiger charge is -2.14. The molecule has 2 rings (SSSR count). The van der Waals surface area contributed by atoms with Gasteiger partial charge in [-0.2, -0.15) is 0 Å². The largest absolute Gasteiger partial charge is 0.296 e. The lowest BCUT2D eigenvalue weighted by atomic mass is 10.1. The lowest BCUT2D eigenvalue weighted by molar-refractivity contribution is -0.116. The Morgan fingerprint density at radius 2 is 2.21 bits per heavy atom. The first-order valence-electron chi connectivity index (χ1n) is 4.85. The van der Waals surface area contributed by atoms with Crippen molar-refractivity contribution in [1.29, 1.82) is 0 Å². The van der Waals surface area contributed by atoms with Gasteiger partial charge in [0.1, 0.15) is 5.82 Å². The van der Waals surface area contributed by atoms with Crippen molar-refractivity contribution >= 4 is 11.7 Å². The molecule has 2 heterocycles. The molecule has 3 nitrogen and oxygen atoms in total. The van der Waals surface area contributed by atoms with Gasteiger partial charge in [-0.05, 0) is 37.5 Å². The van der Waals surface area contributed by atoms with Gasteiger partial charge in [0.05, 0.1) is 0 Å². The maximum Gasteiger partial charge on any atom is 0.225 e. The number of aromatic nitrogens is 1. The van der Waals surface area contributed by atoms with Crippen LogP contribution in [0.3, 0.4) is 0 Å². The van der Waals surface area contributed by atoms with Crippen LogP contribution < -0.4 is 4.90 Å². The minimum atomic E-state index is 0.0845. The summed E-state index contributed by atoms with van der Waals surface area (Å²) in [5.41, 5.74) is 3.46. The third-order valence-corrected chi connectivity index (χ3v) is 2.67. The van der Waals surface area contributed by atoms with Crippen molar-refractivity contribution in [3.05, 3.63) is 22.9 Å². The van der Waals surface area contributed by atoms with Gasteiger partial charge in [0, 0.05) is 19.2 Å². The molecule has 1 aliphatic rings. The summed E-state index contributed by atoms with van der Waals surface area (Å²) in [5, 5.41) is 0. The third-order valence-electron chi connectivity index (χ3n) is 2.67. The first-order valence-corrected chi connectivity index (χ1v) is 4.85. The molecule has 0 spiro atoms. The summed E-state index contributed by atoms with van der Waals surface area (Å²) < 4.78 is 0. The van der Waals surface area contributed by atoms with E-state index in [0.717, 1.165) is 24.5 Å². The fourth-order valence-electron chi connectivity index (χ4n) is 2.01. The van der Waals surface area contributed by atoms with E-state index in [9.17, 15) is 4.79 Å². The summed E-state index contributed by atoms with van der Waals surface area (Å²) in [6, 6.07) is 2.07. The molecule has 1 aliphatic heterocycles. The summed E-state index contributed by atoms with van der Waals surface area (Å²) in [5.74, 6) is 0.955. The molecule has 3 heteroatoms. The van der Waals surface area contributed by atoms with Gasteiger partial charge >= 0.3 is 0 Å². The predicted octanol–water partition coefficient (Wildman–Crippen LogP) is 1.61. The Labute approximate surface area is 83.8 Å². The van der Waals surface area contributed by atoms with E-state index in [1.54, 1.807) is 11.8 Å². The molecule has 74 valence electrons. The number of pyridine rings is 1. The molecule has 0 unspecified atom stereocenters. The monoisotopic (exact) mass is 190 g/mol. The van der Waals surface area contributed by atoms with E-state index in [1.807, 2.05) is 6.92 Å². The zero-order chi connectivity index (χ0) is 10.3. The van der Waals surface area contributed by atoms with E-state index in [0.29, 0.717) is 0 Å². The number of amides is 1. The molecule has 0 fully saturated rings. The van der Waals surface area contributed by atoms with Gasteiger partial charge in [-0.3, -0.25) is 9.69 Å². The standard InChI is InChI=1S/C11H14N2O/c1-7-6-8(2)12-11-10(7)4-5-13(11)9(3)14/h6H,4-5H2,1-3H3. The molecule has 0 saturated heterocycles. The van der Waals surface area contributed by atoms with Crippen LogP contribution in [0.5, 0.6) is 0 Å². The van der Waals surface area contributed by atoms with Gasteiger partial charge in [0.2, 0.25) is 5.91 Å². The second-order valence-corrected chi connectivity index (χ2v) is 3.80. The second-order valence-electron chi connectivity index (χ2n) is 3.80. The Bertz CT molecular complexity index is 399. The first kappa shape index (κ1) is 9.19. The smallest absolute Gasteiger partial charge is 0.225 e. The average Bonchev–Trinajstić information content (AvgIpc) is 2.47. The molecular weight excluding hydrogens is 176 g/mol. The topological polar surface area (TPSA) is 33.2 Å². The highest BCUT2D eigenvalue weighted by Gasteiger charge is 2.25. The number of fused-ring (bicyclic) bond motifs is 1. The molecule has 0 N–H and O–H groups in total. The van der Waals surface area contributed by atoms with Crippen molar-refractivity contribution in [2.75, 3.05) is 11.4 Å². The highest BCUT2D eigenvalue weighted by molar-refractivity contribution is 5.92. The average molecular weight is 190 g/mol. The number of carbonyl (C=O) groups excluding carboxylic acids is 1. The van der Waals surface area contributed by atoms with Gasteiger partial charge in [0.15, 0.2) is 0 Å². The quantitative estimate of drug-likeness (QED) is 0.622. The molecule has 1 amide bonds. The van der Waals surface area contributed by atoms with Gasteiger partial charge in [0.25, 0.3) is 0 Å². The SMILES string of the molecule is CC(=O)N1CCc2c(C)cc(C)nc21. The molecule has 0 radical (unpaired) electrons. The molecule has 0 atom stereocenters. The van der Waals surface area contributed by atoms with Crippen LogP contribution in [0.15, 0.2) is 6.07 Å². The van der Waals surface area contributed by atoms with Crippen molar-refractivity contribution in [3.8, 4) is 0 Å². The Kier molecular flexibility index (Phi) is 2.02. The molecule has 1 aromatic heterocycles. The Balaban J connectivity index is 2.54. The summed E-state index contributed by atoms with van der Waals surface area (Å²) in [7, 11) is 0. The number of hydrogen-bond acceptors (Lipinski definition) is 2. The number of hydrogen-bond donors (Lipinski definition) is 0. The van der Waals surface area contributed by atoms with Crippen LogP contribution in [0.1, 0.15) is 23.7 Å². The second kappa shape index (κ2) is 3.08. The van der Waals surface area contributed by atoms with Gasteiger partial charge in [-0.15, -0.1) is 0 Å². The third kappa shape index (κ3) is 1.29. The van der Waals surface area contributed by atoms with Gasteiger partial charge in [-0.25, -0.2) is 4.98 Å². The molecule has 0 bridgehead atoms. The molecule has 0 saturated carbocycles. The fourth-order valence-corrected chi connectivity index (χ4v) is 2.01. The van der Waals surface area contributed by atoms with Crippen LogP contribution in [0.2, 0.25) is 0 Å². The highest BCUT2D eigenvalue weighted by Crippen LogP contribution is 2.28. The van der Waals surface area contributed by atoms with E-state index in [4.69, 9.17) is 0 Å². The summed E-state index contributed by atoms with van der Waals surface area (Å²) in [6.07, 6.45) is 0.939. The zero-order valence-corrected chi connectivity index (χ0v) is 8.79. The van der Waals surface area contributed by atoms with E-state index in [-0.39, 0.29) is 5.91 Å². The minimum absolute atomic E-state index is 0.0845. The fraction of sp³-hybridized carbons (Fsp3) is 0.455. The number of anilines is 1. The van der Waals surface area contributed by atoms with Gasteiger partial charge < -0.3 is 0 Å². The minimum Gasteiger partial charge on any atom is -0.296 e. The van der Waals surface area contributed by atoms with Crippen LogP contribution in [0.25, 0.3) is 0 Å². The normalized spacial score (nSPS) is 14.4. The molecular formula is C11H14N2O. The van der Waals surface area contributed by atoms with E-state index in [2.05, 4.69) is 18.0 Å². The van der Waals surface area contributed by atoms with Crippen molar-refractivity contribution in [1.82, 2.24) is 4.98 Å². The zero-order valence-electron chi connectivity index (χ0n) is 8.79. The maximum absolute atomic E-state index is 11.3. The number of nitrogens with zero attached hydrogens (tertiary/aromatic N) is 2. The van der Waals surface area contributed by atoms with Crippen molar-refractivity contribution in [3.63, 3.8) is 0 Å². The lowest BCUT2D eigenvalue weighted by Crippen LogP contribution is -2.26. The Hall–Kier alpha value is -1.38. The van der Waals surface area contributed by atoms with Crippen LogP contribution in [0.4, 0.5) is 5.82 Å².